The molecule has 0 spiro atoms. The molecule has 1 aromatic carbocycles. The lowest BCUT2D eigenvalue weighted by molar-refractivity contribution is 0.0992. The standard InChI is InChI=1S/C17H19NO/c1-11-5-13(3)16(14(4)6-11)8-17(19)15-7-12(2)9-18-10-15/h5-7,9-10H,8H2,1-4H3. The molecule has 19 heavy (non-hydrogen) atoms. The van der Waals surface area contributed by atoms with Gasteiger partial charge >= 0.3 is 0 Å². The molecule has 2 nitrogen and oxygen atoms in total. The van der Waals surface area contributed by atoms with Crippen LogP contribution >= 0.6 is 0 Å². The Hall–Kier alpha value is -1.96. The maximum atomic E-state index is 12.3. The minimum Gasteiger partial charge on any atom is -0.294 e. The molecule has 0 N–H and O–H groups in total. The number of nitrogens with zero attached hydrogens (tertiary/aromatic N) is 1. The molecule has 0 radical (unpaired) electrons. The van der Waals surface area contributed by atoms with Gasteiger partial charge in [0.1, 0.15) is 0 Å². The summed E-state index contributed by atoms with van der Waals surface area (Å²) in [4.78, 5) is 16.4. The van der Waals surface area contributed by atoms with Crippen molar-refractivity contribution in [3.05, 3.63) is 64.0 Å². The zero-order valence-corrected chi connectivity index (χ0v) is 11.9. The van der Waals surface area contributed by atoms with Crippen LogP contribution in [0.1, 0.15) is 38.2 Å². The molecular weight excluding hydrogens is 234 g/mol. The summed E-state index contributed by atoms with van der Waals surface area (Å²) < 4.78 is 0. The van der Waals surface area contributed by atoms with Gasteiger partial charge in [0, 0.05) is 24.4 Å². The number of hydrogen-bond donors (Lipinski definition) is 0. The van der Waals surface area contributed by atoms with Gasteiger partial charge in [0.15, 0.2) is 5.78 Å². The van der Waals surface area contributed by atoms with Gasteiger partial charge in [0.2, 0.25) is 0 Å². The molecule has 0 bridgehead atoms. The summed E-state index contributed by atoms with van der Waals surface area (Å²) in [6.07, 6.45) is 3.86. The van der Waals surface area contributed by atoms with Crippen molar-refractivity contribution < 1.29 is 4.79 Å². The molecule has 0 aliphatic heterocycles. The highest BCUT2D eigenvalue weighted by atomic mass is 16.1. The predicted octanol–water partition coefficient (Wildman–Crippen LogP) is 3.74. The van der Waals surface area contributed by atoms with Gasteiger partial charge < -0.3 is 0 Å². The molecule has 0 aliphatic carbocycles. The molecule has 0 amide bonds. The third-order valence-electron chi connectivity index (χ3n) is 3.37. The Bertz CT molecular complexity index is 606. The van der Waals surface area contributed by atoms with Gasteiger partial charge in [-0.05, 0) is 56.0 Å². The SMILES string of the molecule is Cc1cncc(C(=O)Cc2c(C)cc(C)cc2C)c1. The average Bonchev–Trinajstić information content (AvgIpc) is 2.33. The van der Waals surface area contributed by atoms with Crippen LogP contribution < -0.4 is 0 Å². The second kappa shape index (κ2) is 5.35. The maximum Gasteiger partial charge on any atom is 0.168 e. The van der Waals surface area contributed by atoms with E-state index >= 15 is 0 Å². The Morgan fingerprint density at radius 1 is 0.947 bits per heavy atom. The Kier molecular flexibility index (Phi) is 3.79. The number of aromatic nitrogens is 1. The van der Waals surface area contributed by atoms with Gasteiger partial charge in [-0.2, -0.15) is 0 Å². The molecule has 0 aliphatic rings. The molecule has 0 saturated heterocycles. The Balaban J connectivity index is 2.29. The van der Waals surface area contributed by atoms with Crippen LogP contribution in [0.5, 0.6) is 0 Å². The maximum absolute atomic E-state index is 12.3. The third kappa shape index (κ3) is 3.08. The van der Waals surface area contributed by atoms with E-state index in [1.165, 1.54) is 16.7 Å². The number of ketones is 1. The minimum absolute atomic E-state index is 0.131. The lowest BCUT2D eigenvalue weighted by Gasteiger charge is -2.10. The van der Waals surface area contributed by atoms with Crippen molar-refractivity contribution in [2.75, 3.05) is 0 Å². The van der Waals surface area contributed by atoms with Crippen LogP contribution in [0, 0.1) is 27.7 Å². The number of hydrogen-bond acceptors (Lipinski definition) is 2. The average molecular weight is 253 g/mol. The lowest BCUT2D eigenvalue weighted by atomic mass is 9.94. The molecule has 2 rings (SSSR count). The van der Waals surface area contributed by atoms with Gasteiger partial charge in [0.05, 0.1) is 0 Å². The summed E-state index contributed by atoms with van der Waals surface area (Å²) in [5.74, 6) is 0.131. The minimum atomic E-state index is 0.131. The van der Waals surface area contributed by atoms with Gasteiger partial charge in [-0.15, -0.1) is 0 Å². The van der Waals surface area contributed by atoms with Crippen LogP contribution in [-0.4, -0.2) is 10.8 Å². The van der Waals surface area contributed by atoms with Gasteiger partial charge in [-0.3, -0.25) is 9.78 Å². The van der Waals surface area contributed by atoms with E-state index in [0.29, 0.717) is 12.0 Å². The van der Waals surface area contributed by atoms with Crippen molar-refractivity contribution in [2.45, 2.75) is 34.1 Å². The van der Waals surface area contributed by atoms with Crippen LogP contribution in [-0.2, 0) is 6.42 Å². The number of carbonyl (C=O) groups excluding carboxylic acids is 1. The van der Waals surface area contributed by atoms with E-state index in [4.69, 9.17) is 0 Å². The second-order valence-electron chi connectivity index (χ2n) is 5.23. The fourth-order valence-corrected chi connectivity index (χ4v) is 2.46. The zero-order chi connectivity index (χ0) is 14.0. The van der Waals surface area contributed by atoms with Crippen LogP contribution in [0.4, 0.5) is 0 Å². The Labute approximate surface area is 114 Å². The number of aryl methyl sites for hydroxylation is 4. The van der Waals surface area contributed by atoms with E-state index in [0.717, 1.165) is 11.1 Å². The fourth-order valence-electron chi connectivity index (χ4n) is 2.46. The van der Waals surface area contributed by atoms with Crippen molar-refractivity contribution in [2.24, 2.45) is 0 Å². The first-order valence-corrected chi connectivity index (χ1v) is 6.49. The fraction of sp³-hybridized carbons (Fsp3) is 0.294. The molecule has 1 heterocycles. The number of carbonyl (C=O) groups is 1. The van der Waals surface area contributed by atoms with Crippen molar-refractivity contribution in [1.29, 1.82) is 0 Å². The Morgan fingerprint density at radius 3 is 2.16 bits per heavy atom. The highest BCUT2D eigenvalue weighted by Gasteiger charge is 2.11. The molecule has 0 saturated carbocycles. The quantitative estimate of drug-likeness (QED) is 0.780. The highest BCUT2D eigenvalue weighted by molar-refractivity contribution is 5.97. The monoisotopic (exact) mass is 253 g/mol. The van der Waals surface area contributed by atoms with Crippen molar-refractivity contribution in [3.8, 4) is 0 Å². The molecule has 98 valence electrons. The molecular formula is C17H19NO. The topological polar surface area (TPSA) is 30.0 Å². The summed E-state index contributed by atoms with van der Waals surface area (Å²) in [6, 6.07) is 6.16. The number of benzene rings is 1. The van der Waals surface area contributed by atoms with Crippen molar-refractivity contribution in [3.63, 3.8) is 0 Å². The molecule has 0 unspecified atom stereocenters. The molecule has 1 aromatic heterocycles. The van der Waals surface area contributed by atoms with Crippen LogP contribution in [0.3, 0.4) is 0 Å². The van der Waals surface area contributed by atoms with Crippen molar-refractivity contribution in [1.82, 2.24) is 4.98 Å². The largest absolute Gasteiger partial charge is 0.294 e. The molecule has 0 fully saturated rings. The number of rotatable bonds is 3. The van der Waals surface area contributed by atoms with E-state index in [1.807, 2.05) is 13.0 Å². The summed E-state index contributed by atoms with van der Waals surface area (Å²) in [6.45, 7) is 8.16. The Morgan fingerprint density at radius 2 is 1.58 bits per heavy atom. The van der Waals surface area contributed by atoms with E-state index in [1.54, 1.807) is 12.4 Å². The van der Waals surface area contributed by atoms with Crippen LogP contribution in [0.25, 0.3) is 0 Å². The zero-order valence-electron chi connectivity index (χ0n) is 11.9. The van der Waals surface area contributed by atoms with Crippen LogP contribution in [0.15, 0.2) is 30.6 Å². The first kappa shape index (κ1) is 13.5. The molecule has 0 atom stereocenters. The summed E-state index contributed by atoms with van der Waals surface area (Å²) >= 11 is 0. The first-order valence-electron chi connectivity index (χ1n) is 6.49. The highest BCUT2D eigenvalue weighted by Crippen LogP contribution is 2.18. The van der Waals surface area contributed by atoms with Crippen LogP contribution in [0.2, 0.25) is 0 Å². The summed E-state index contributed by atoms with van der Waals surface area (Å²) in [5.41, 5.74) is 6.46. The molecule has 2 aromatic rings. The van der Waals surface area contributed by atoms with Gasteiger partial charge in [-0.1, -0.05) is 17.7 Å². The third-order valence-corrected chi connectivity index (χ3v) is 3.37. The second-order valence-corrected chi connectivity index (χ2v) is 5.23. The van der Waals surface area contributed by atoms with E-state index < -0.39 is 0 Å². The lowest BCUT2D eigenvalue weighted by Crippen LogP contribution is -2.07. The molecule has 2 heteroatoms. The summed E-state index contributed by atoms with van der Waals surface area (Å²) in [5, 5.41) is 0. The normalized spacial score (nSPS) is 10.5. The number of Topliss-reactive ketones (excluding diaryl/α,β-unsaturated/α-hetero) is 1. The smallest absolute Gasteiger partial charge is 0.168 e. The van der Waals surface area contributed by atoms with E-state index in [9.17, 15) is 4.79 Å². The van der Waals surface area contributed by atoms with Crippen molar-refractivity contribution >= 4 is 5.78 Å². The first-order chi connectivity index (χ1) is 8.97. The van der Waals surface area contributed by atoms with Gasteiger partial charge in [0.25, 0.3) is 0 Å². The van der Waals surface area contributed by atoms with E-state index in [2.05, 4.69) is 37.9 Å². The summed E-state index contributed by atoms with van der Waals surface area (Å²) in [7, 11) is 0. The predicted molar refractivity (Wildman–Crippen MR) is 77.7 cm³/mol. The van der Waals surface area contributed by atoms with Gasteiger partial charge in [-0.25, -0.2) is 0 Å². The number of pyridine rings is 1. The van der Waals surface area contributed by atoms with E-state index in [-0.39, 0.29) is 5.78 Å².